The number of hydrogen-bond donors (Lipinski definition) is 2. The number of aromatic nitrogens is 4. The number of rotatable bonds is 5. The van der Waals surface area contributed by atoms with Crippen LogP contribution in [0.15, 0.2) is 34.2 Å². The third kappa shape index (κ3) is 3.12. The molecule has 0 radical (unpaired) electrons. The molecule has 0 bridgehead atoms. The molecule has 0 aliphatic heterocycles. The molecular weight excluding hydrogens is 324 g/mol. The molecule has 0 aliphatic rings. The van der Waals surface area contributed by atoms with E-state index in [1.165, 1.54) is 16.3 Å². The lowest BCUT2D eigenvalue weighted by atomic mass is 10.1. The number of anilines is 1. The molecule has 0 atom stereocenters. The maximum atomic E-state index is 12.3. The number of hydrogen-bond acceptors (Lipinski definition) is 6. The van der Waals surface area contributed by atoms with Gasteiger partial charge in [-0.25, -0.2) is 14.8 Å². The minimum Gasteiger partial charge on any atom is -0.382 e. The van der Waals surface area contributed by atoms with Crippen molar-refractivity contribution in [3.63, 3.8) is 0 Å². The molecule has 0 spiro atoms. The van der Waals surface area contributed by atoms with Gasteiger partial charge in [0, 0.05) is 5.75 Å². The van der Waals surface area contributed by atoms with Crippen molar-refractivity contribution >= 4 is 28.7 Å². The molecule has 0 amide bonds. The molecular formula is C16H16N6OS. The molecule has 7 nitrogen and oxygen atoms in total. The Kier molecular flexibility index (Phi) is 4.53. The largest absolute Gasteiger partial charge is 0.382 e. The molecule has 122 valence electrons. The first-order valence-electron chi connectivity index (χ1n) is 7.50. The van der Waals surface area contributed by atoms with Gasteiger partial charge in [-0.05, 0) is 24.1 Å². The Morgan fingerprint density at radius 1 is 1.42 bits per heavy atom. The highest BCUT2D eigenvalue weighted by Crippen LogP contribution is 2.21. The first-order valence-corrected chi connectivity index (χ1v) is 8.48. The lowest BCUT2D eigenvalue weighted by molar-refractivity contribution is 0.771. The highest BCUT2D eigenvalue weighted by atomic mass is 32.2. The molecule has 0 unspecified atom stereocenters. The van der Waals surface area contributed by atoms with Gasteiger partial charge in [0.05, 0.1) is 18.2 Å². The number of imidazole rings is 1. The summed E-state index contributed by atoms with van der Waals surface area (Å²) in [4.78, 5) is 23.7. The second kappa shape index (κ2) is 6.76. The smallest absolute Gasteiger partial charge is 0.328 e. The third-order valence-electron chi connectivity index (χ3n) is 3.46. The lowest BCUT2D eigenvalue weighted by Gasteiger charge is -2.05. The number of thioether (sulfide) groups is 1. The SMILES string of the molecule is CCCSc1nc(N)c2[nH]c(=O)n(Cc3cccc(C#N)c3)c2n1. The van der Waals surface area contributed by atoms with E-state index in [-0.39, 0.29) is 11.5 Å². The van der Waals surface area contributed by atoms with Crippen LogP contribution >= 0.6 is 11.8 Å². The Bertz CT molecular complexity index is 984. The number of nitrogens with zero attached hydrogens (tertiary/aromatic N) is 4. The van der Waals surface area contributed by atoms with Gasteiger partial charge in [-0.1, -0.05) is 30.8 Å². The summed E-state index contributed by atoms with van der Waals surface area (Å²) in [5.74, 6) is 1.14. The van der Waals surface area contributed by atoms with Gasteiger partial charge < -0.3 is 10.7 Å². The minimum atomic E-state index is -0.300. The van der Waals surface area contributed by atoms with E-state index in [0.29, 0.717) is 28.4 Å². The van der Waals surface area contributed by atoms with Gasteiger partial charge in [0.15, 0.2) is 16.6 Å². The second-order valence-electron chi connectivity index (χ2n) is 5.27. The van der Waals surface area contributed by atoms with Crippen molar-refractivity contribution in [1.82, 2.24) is 19.5 Å². The van der Waals surface area contributed by atoms with Crippen LogP contribution in [0, 0.1) is 11.3 Å². The molecule has 8 heteroatoms. The van der Waals surface area contributed by atoms with Crippen molar-refractivity contribution in [1.29, 1.82) is 5.26 Å². The molecule has 2 heterocycles. The first-order chi connectivity index (χ1) is 11.6. The number of nitrogens with one attached hydrogen (secondary N) is 1. The van der Waals surface area contributed by atoms with E-state index in [4.69, 9.17) is 11.0 Å². The molecule has 24 heavy (non-hydrogen) atoms. The van der Waals surface area contributed by atoms with Crippen LogP contribution in [0.2, 0.25) is 0 Å². The molecule has 0 saturated heterocycles. The molecule has 0 saturated carbocycles. The van der Waals surface area contributed by atoms with Gasteiger partial charge in [0.2, 0.25) is 0 Å². The number of nitrogens with two attached hydrogens (primary N) is 1. The van der Waals surface area contributed by atoms with Gasteiger partial charge in [0.25, 0.3) is 0 Å². The van der Waals surface area contributed by atoms with Crippen molar-refractivity contribution < 1.29 is 0 Å². The summed E-state index contributed by atoms with van der Waals surface area (Å²) >= 11 is 1.51. The summed E-state index contributed by atoms with van der Waals surface area (Å²) in [6.07, 6.45) is 0.993. The first kappa shape index (κ1) is 16.1. The highest BCUT2D eigenvalue weighted by molar-refractivity contribution is 7.99. The number of aromatic amines is 1. The van der Waals surface area contributed by atoms with Crippen molar-refractivity contribution in [2.24, 2.45) is 0 Å². The number of fused-ring (bicyclic) bond motifs is 1. The standard InChI is InChI=1S/C16H16N6OS/c1-2-6-24-15-20-13(18)12-14(21-15)22(16(23)19-12)9-11-5-3-4-10(7-11)8-17/h3-5,7H,2,6,9H2,1H3,(H,19,23)(H2,18,20,21). The van der Waals surface area contributed by atoms with Crippen LogP contribution in [0.25, 0.3) is 11.2 Å². The molecule has 3 rings (SSSR count). The highest BCUT2D eigenvalue weighted by Gasteiger charge is 2.14. The average molecular weight is 340 g/mol. The monoisotopic (exact) mass is 340 g/mol. The lowest BCUT2D eigenvalue weighted by Crippen LogP contribution is -2.17. The van der Waals surface area contributed by atoms with Gasteiger partial charge in [0.1, 0.15) is 5.52 Å². The molecule has 2 aromatic heterocycles. The Hall–Kier alpha value is -2.79. The van der Waals surface area contributed by atoms with Crippen LogP contribution in [0.4, 0.5) is 5.82 Å². The van der Waals surface area contributed by atoms with E-state index in [9.17, 15) is 4.79 Å². The summed E-state index contributed by atoms with van der Waals surface area (Å²) < 4.78 is 1.51. The van der Waals surface area contributed by atoms with Crippen molar-refractivity contribution in [3.05, 3.63) is 45.9 Å². The molecule has 3 aromatic rings. The quantitative estimate of drug-likeness (QED) is 0.543. The van der Waals surface area contributed by atoms with E-state index in [1.54, 1.807) is 18.2 Å². The molecule has 1 aromatic carbocycles. The molecule has 0 fully saturated rings. The summed E-state index contributed by atoms with van der Waals surface area (Å²) in [6.45, 7) is 2.38. The Morgan fingerprint density at radius 3 is 3.00 bits per heavy atom. The maximum Gasteiger partial charge on any atom is 0.328 e. The van der Waals surface area contributed by atoms with E-state index in [0.717, 1.165) is 17.7 Å². The Balaban J connectivity index is 2.06. The van der Waals surface area contributed by atoms with Crippen molar-refractivity contribution in [2.75, 3.05) is 11.5 Å². The van der Waals surface area contributed by atoms with Crippen LogP contribution in [-0.2, 0) is 6.54 Å². The van der Waals surface area contributed by atoms with E-state index in [2.05, 4.69) is 27.9 Å². The minimum absolute atomic E-state index is 0.264. The number of nitriles is 1. The fourth-order valence-corrected chi connectivity index (χ4v) is 3.06. The zero-order valence-electron chi connectivity index (χ0n) is 13.1. The third-order valence-corrected chi connectivity index (χ3v) is 4.52. The summed E-state index contributed by atoms with van der Waals surface area (Å²) in [5, 5.41) is 9.56. The second-order valence-corrected chi connectivity index (χ2v) is 6.33. The van der Waals surface area contributed by atoms with Crippen molar-refractivity contribution in [2.45, 2.75) is 25.0 Å². The summed E-state index contributed by atoms with van der Waals surface area (Å²) in [7, 11) is 0. The summed E-state index contributed by atoms with van der Waals surface area (Å²) in [6, 6.07) is 9.23. The van der Waals surface area contributed by atoms with E-state index in [1.807, 2.05) is 6.07 Å². The predicted octanol–water partition coefficient (Wildman–Crippen LogP) is 2.12. The molecule has 3 N–H and O–H groups in total. The average Bonchev–Trinajstić information content (AvgIpc) is 2.90. The van der Waals surface area contributed by atoms with E-state index < -0.39 is 0 Å². The number of benzene rings is 1. The Labute approximate surface area is 142 Å². The normalized spacial score (nSPS) is 10.8. The van der Waals surface area contributed by atoms with Crippen molar-refractivity contribution in [3.8, 4) is 6.07 Å². The Morgan fingerprint density at radius 2 is 2.25 bits per heavy atom. The van der Waals surface area contributed by atoms with Gasteiger partial charge in [-0.3, -0.25) is 4.57 Å². The summed E-state index contributed by atoms with van der Waals surface area (Å²) in [5.41, 5.74) is 7.98. The fraction of sp³-hybridized carbons (Fsp3) is 0.250. The predicted molar refractivity (Wildman–Crippen MR) is 93.8 cm³/mol. The zero-order valence-corrected chi connectivity index (χ0v) is 13.9. The number of nitrogen functional groups attached to an aromatic ring is 1. The van der Waals surface area contributed by atoms with Gasteiger partial charge in [-0.15, -0.1) is 0 Å². The topological polar surface area (TPSA) is 113 Å². The number of H-pyrrole nitrogens is 1. The van der Waals surface area contributed by atoms with Crippen LogP contribution in [0.5, 0.6) is 0 Å². The fourth-order valence-electron chi connectivity index (χ4n) is 2.36. The van der Waals surface area contributed by atoms with Crippen LogP contribution in [0.3, 0.4) is 0 Å². The molecule has 0 aliphatic carbocycles. The van der Waals surface area contributed by atoms with Crippen LogP contribution in [0.1, 0.15) is 24.5 Å². The van der Waals surface area contributed by atoms with E-state index >= 15 is 0 Å². The maximum absolute atomic E-state index is 12.3. The van der Waals surface area contributed by atoms with Gasteiger partial charge in [-0.2, -0.15) is 5.26 Å². The van der Waals surface area contributed by atoms with Gasteiger partial charge >= 0.3 is 5.69 Å². The van der Waals surface area contributed by atoms with Crippen LogP contribution in [-0.4, -0.2) is 25.3 Å². The van der Waals surface area contributed by atoms with Crippen LogP contribution < -0.4 is 11.4 Å². The zero-order chi connectivity index (χ0) is 17.1.